The number of methoxy groups -OCH3 is 1. The van der Waals surface area contributed by atoms with Crippen molar-refractivity contribution in [3.05, 3.63) is 41.6 Å². The number of aromatic nitrogens is 1. The number of fused-ring (bicyclic) bond motifs is 1. The summed E-state index contributed by atoms with van der Waals surface area (Å²) in [6.07, 6.45) is 6.51. The summed E-state index contributed by atoms with van der Waals surface area (Å²) in [4.78, 5) is 16.0. The number of rotatable bonds is 2. The minimum Gasteiger partial charge on any atom is -0.464 e. The Hall–Kier alpha value is -1.90. The van der Waals surface area contributed by atoms with Crippen LogP contribution in [0.25, 0.3) is 10.9 Å². The minimum atomic E-state index is -0.380. The van der Waals surface area contributed by atoms with E-state index in [9.17, 15) is 4.79 Å². The molecule has 0 amide bonds. The highest BCUT2D eigenvalue weighted by atomic mass is 16.5. The second kappa shape index (κ2) is 5.61. The first kappa shape index (κ1) is 13.1. The first-order valence-corrected chi connectivity index (χ1v) is 7.27. The summed E-state index contributed by atoms with van der Waals surface area (Å²) in [6, 6.07) is 9.99. The molecule has 0 atom stereocenters. The van der Waals surface area contributed by atoms with Crippen molar-refractivity contribution in [3.63, 3.8) is 0 Å². The lowest BCUT2D eigenvalue weighted by Gasteiger charge is -2.23. The van der Waals surface area contributed by atoms with Crippen LogP contribution in [0.1, 0.15) is 54.1 Å². The molecule has 3 rings (SSSR count). The van der Waals surface area contributed by atoms with Gasteiger partial charge in [0.05, 0.1) is 12.6 Å². The summed E-state index contributed by atoms with van der Waals surface area (Å²) in [7, 11) is 1.38. The highest BCUT2D eigenvalue weighted by Crippen LogP contribution is 2.35. The Balaban J connectivity index is 2.03. The van der Waals surface area contributed by atoms with Gasteiger partial charge in [-0.1, -0.05) is 37.5 Å². The second-order valence-electron chi connectivity index (χ2n) is 5.44. The molecule has 1 aliphatic carbocycles. The van der Waals surface area contributed by atoms with Crippen LogP contribution < -0.4 is 0 Å². The van der Waals surface area contributed by atoms with Crippen LogP contribution in [-0.2, 0) is 4.74 Å². The molecule has 1 heterocycles. The molecule has 2 aromatic rings. The van der Waals surface area contributed by atoms with Gasteiger partial charge in [-0.05, 0) is 36.5 Å². The molecular formula is C17H19NO2. The predicted molar refractivity (Wildman–Crippen MR) is 78.9 cm³/mol. The molecule has 0 bridgehead atoms. The van der Waals surface area contributed by atoms with Crippen molar-refractivity contribution in [2.24, 2.45) is 0 Å². The molecule has 20 heavy (non-hydrogen) atoms. The SMILES string of the molecule is COC(=O)c1ccc2c(C3CCCCC3)cccc2n1. The topological polar surface area (TPSA) is 39.2 Å². The van der Waals surface area contributed by atoms with Crippen molar-refractivity contribution >= 4 is 16.9 Å². The molecule has 0 radical (unpaired) electrons. The Labute approximate surface area is 119 Å². The average molecular weight is 269 g/mol. The van der Waals surface area contributed by atoms with E-state index in [1.807, 2.05) is 18.2 Å². The van der Waals surface area contributed by atoms with Gasteiger partial charge in [0.1, 0.15) is 5.69 Å². The van der Waals surface area contributed by atoms with Crippen LogP contribution in [0, 0.1) is 0 Å². The van der Waals surface area contributed by atoms with Crippen molar-refractivity contribution in [2.75, 3.05) is 7.11 Å². The van der Waals surface area contributed by atoms with Crippen molar-refractivity contribution < 1.29 is 9.53 Å². The lowest BCUT2D eigenvalue weighted by Crippen LogP contribution is -2.07. The average Bonchev–Trinajstić information content (AvgIpc) is 2.53. The molecule has 0 aliphatic heterocycles. The number of pyridine rings is 1. The van der Waals surface area contributed by atoms with Gasteiger partial charge in [-0.25, -0.2) is 9.78 Å². The fourth-order valence-corrected chi connectivity index (χ4v) is 3.17. The zero-order valence-electron chi connectivity index (χ0n) is 11.8. The molecule has 1 fully saturated rings. The van der Waals surface area contributed by atoms with Crippen LogP contribution >= 0.6 is 0 Å². The molecule has 3 nitrogen and oxygen atoms in total. The molecule has 0 unspecified atom stereocenters. The number of ether oxygens (including phenoxy) is 1. The van der Waals surface area contributed by atoms with Gasteiger partial charge in [-0.2, -0.15) is 0 Å². The number of benzene rings is 1. The molecule has 1 aromatic heterocycles. The summed E-state index contributed by atoms with van der Waals surface area (Å²) in [5.41, 5.74) is 2.64. The van der Waals surface area contributed by atoms with Gasteiger partial charge in [0, 0.05) is 5.39 Å². The van der Waals surface area contributed by atoms with E-state index < -0.39 is 0 Å². The van der Waals surface area contributed by atoms with E-state index in [0.29, 0.717) is 11.6 Å². The van der Waals surface area contributed by atoms with Gasteiger partial charge in [-0.3, -0.25) is 0 Å². The quantitative estimate of drug-likeness (QED) is 0.771. The van der Waals surface area contributed by atoms with Gasteiger partial charge in [0.15, 0.2) is 0 Å². The monoisotopic (exact) mass is 269 g/mol. The lowest BCUT2D eigenvalue weighted by atomic mass is 9.82. The maximum atomic E-state index is 11.6. The third-order valence-electron chi connectivity index (χ3n) is 4.21. The van der Waals surface area contributed by atoms with E-state index in [-0.39, 0.29) is 5.97 Å². The molecule has 1 saturated carbocycles. The standard InChI is InChI=1S/C17H19NO2/c1-20-17(19)16-11-10-14-13(8-5-9-15(14)18-16)12-6-3-2-4-7-12/h5,8-12H,2-4,6-7H2,1H3. The van der Waals surface area contributed by atoms with E-state index >= 15 is 0 Å². The van der Waals surface area contributed by atoms with E-state index in [1.54, 1.807) is 6.07 Å². The highest BCUT2D eigenvalue weighted by Gasteiger charge is 2.18. The molecule has 1 aromatic carbocycles. The predicted octanol–water partition coefficient (Wildman–Crippen LogP) is 4.07. The molecular weight excluding hydrogens is 250 g/mol. The Morgan fingerprint density at radius 2 is 1.95 bits per heavy atom. The van der Waals surface area contributed by atoms with Crippen LogP contribution in [0.5, 0.6) is 0 Å². The molecule has 0 N–H and O–H groups in total. The number of carbonyl (C=O) groups excluding carboxylic acids is 1. The normalized spacial score (nSPS) is 16.2. The molecule has 1 aliphatic rings. The number of hydrogen-bond donors (Lipinski definition) is 0. The number of hydrogen-bond acceptors (Lipinski definition) is 3. The van der Waals surface area contributed by atoms with Gasteiger partial charge < -0.3 is 4.74 Å². The van der Waals surface area contributed by atoms with Gasteiger partial charge in [0.25, 0.3) is 0 Å². The largest absolute Gasteiger partial charge is 0.464 e. The summed E-state index contributed by atoms with van der Waals surface area (Å²) >= 11 is 0. The van der Waals surface area contributed by atoms with Gasteiger partial charge in [-0.15, -0.1) is 0 Å². The fourth-order valence-electron chi connectivity index (χ4n) is 3.17. The Kier molecular flexibility index (Phi) is 3.68. The molecule has 3 heteroatoms. The molecule has 0 spiro atoms. The first-order chi connectivity index (χ1) is 9.79. The van der Waals surface area contributed by atoms with E-state index in [1.165, 1.54) is 50.2 Å². The zero-order valence-corrected chi connectivity index (χ0v) is 11.8. The fraction of sp³-hybridized carbons (Fsp3) is 0.412. The van der Waals surface area contributed by atoms with Crippen LogP contribution in [0.2, 0.25) is 0 Å². The summed E-state index contributed by atoms with van der Waals surface area (Å²) in [5.74, 6) is 0.258. The molecule has 104 valence electrons. The number of nitrogens with zero attached hydrogens (tertiary/aromatic N) is 1. The molecule has 0 saturated heterocycles. The minimum absolute atomic E-state index is 0.376. The number of carbonyl (C=O) groups is 1. The summed E-state index contributed by atoms with van der Waals surface area (Å²) in [6.45, 7) is 0. The van der Waals surface area contributed by atoms with E-state index in [2.05, 4.69) is 11.1 Å². The summed E-state index contributed by atoms with van der Waals surface area (Å²) < 4.78 is 4.73. The van der Waals surface area contributed by atoms with Crippen molar-refractivity contribution in [2.45, 2.75) is 38.0 Å². The first-order valence-electron chi connectivity index (χ1n) is 7.27. The van der Waals surface area contributed by atoms with Crippen LogP contribution in [0.15, 0.2) is 30.3 Å². The Morgan fingerprint density at radius 1 is 1.15 bits per heavy atom. The number of esters is 1. The Bertz CT molecular complexity index is 630. The van der Waals surface area contributed by atoms with Gasteiger partial charge in [0.2, 0.25) is 0 Å². The Morgan fingerprint density at radius 3 is 2.70 bits per heavy atom. The van der Waals surface area contributed by atoms with Crippen LogP contribution in [0.4, 0.5) is 0 Å². The van der Waals surface area contributed by atoms with Gasteiger partial charge >= 0.3 is 5.97 Å². The van der Waals surface area contributed by atoms with Crippen LogP contribution in [-0.4, -0.2) is 18.1 Å². The van der Waals surface area contributed by atoms with E-state index in [0.717, 1.165) is 5.52 Å². The van der Waals surface area contributed by atoms with Crippen molar-refractivity contribution in [3.8, 4) is 0 Å². The third kappa shape index (κ3) is 2.40. The van der Waals surface area contributed by atoms with E-state index in [4.69, 9.17) is 4.74 Å². The second-order valence-corrected chi connectivity index (χ2v) is 5.44. The maximum Gasteiger partial charge on any atom is 0.356 e. The van der Waals surface area contributed by atoms with Crippen LogP contribution in [0.3, 0.4) is 0 Å². The van der Waals surface area contributed by atoms with Crippen molar-refractivity contribution in [1.82, 2.24) is 4.98 Å². The third-order valence-corrected chi connectivity index (χ3v) is 4.21. The zero-order chi connectivity index (χ0) is 13.9. The highest BCUT2D eigenvalue weighted by molar-refractivity contribution is 5.92. The van der Waals surface area contributed by atoms with Crippen molar-refractivity contribution in [1.29, 1.82) is 0 Å². The smallest absolute Gasteiger partial charge is 0.356 e. The maximum absolute atomic E-state index is 11.6. The lowest BCUT2D eigenvalue weighted by molar-refractivity contribution is 0.0594. The summed E-state index contributed by atoms with van der Waals surface area (Å²) in [5, 5.41) is 1.17.